The number of likely N-dealkylation sites (tertiary alicyclic amines) is 2. The minimum absolute atomic E-state index is 0.0274. The minimum Gasteiger partial charge on any atom is -0.357 e. The molecule has 2 saturated heterocycles. The number of allylic oxidation sites excluding steroid dienone is 2. The number of hydrogen-bond donors (Lipinski definition) is 2. The van der Waals surface area contributed by atoms with Crippen LogP contribution >= 0.6 is 0 Å². The van der Waals surface area contributed by atoms with Gasteiger partial charge in [0.25, 0.3) is 0 Å². The molecule has 7 nitrogen and oxygen atoms in total. The molecule has 0 spiro atoms. The van der Waals surface area contributed by atoms with Crippen LogP contribution in [-0.4, -0.2) is 73.9 Å². The van der Waals surface area contributed by atoms with Gasteiger partial charge in [0.2, 0.25) is 11.8 Å². The lowest BCUT2D eigenvalue weighted by Gasteiger charge is -2.19. The molecule has 4 aliphatic rings. The Bertz CT molecular complexity index is 631. The van der Waals surface area contributed by atoms with E-state index in [1.54, 1.807) is 0 Å². The van der Waals surface area contributed by atoms with Crippen LogP contribution in [0.5, 0.6) is 0 Å². The Balaban J connectivity index is 1.29. The molecule has 2 aliphatic carbocycles. The number of nitrogens with one attached hydrogen (secondary N) is 2. The van der Waals surface area contributed by atoms with Gasteiger partial charge in [-0.3, -0.25) is 19.5 Å². The maximum absolute atomic E-state index is 12.7. The van der Waals surface area contributed by atoms with Crippen LogP contribution in [0.1, 0.15) is 19.8 Å². The lowest BCUT2D eigenvalue weighted by Crippen LogP contribution is -2.44. The highest BCUT2D eigenvalue weighted by atomic mass is 16.2. The van der Waals surface area contributed by atoms with E-state index in [1.807, 2.05) is 6.92 Å². The first-order chi connectivity index (χ1) is 13.1. The fourth-order valence-electron chi connectivity index (χ4n) is 5.21. The summed E-state index contributed by atoms with van der Waals surface area (Å²) in [6, 6.07) is 0. The zero-order valence-electron chi connectivity index (χ0n) is 16.4. The average Bonchev–Trinajstić information content (AvgIpc) is 3.40. The maximum atomic E-state index is 12.7. The number of rotatable bonds is 6. The Hall–Kier alpha value is -1.89. The normalized spacial score (nSPS) is 35.4. The summed E-state index contributed by atoms with van der Waals surface area (Å²) in [5, 5.41) is 6.55. The number of hydrogen-bond acceptors (Lipinski definition) is 4. The van der Waals surface area contributed by atoms with Crippen LogP contribution in [0.25, 0.3) is 0 Å². The van der Waals surface area contributed by atoms with E-state index in [-0.39, 0.29) is 35.5 Å². The van der Waals surface area contributed by atoms with Gasteiger partial charge in [-0.2, -0.15) is 0 Å². The summed E-state index contributed by atoms with van der Waals surface area (Å²) in [5.41, 5.74) is 0. The van der Waals surface area contributed by atoms with Gasteiger partial charge in [-0.05, 0) is 51.1 Å². The highest BCUT2D eigenvalue weighted by Gasteiger charge is 2.58. The lowest BCUT2D eigenvalue weighted by molar-refractivity contribution is -0.140. The zero-order chi connectivity index (χ0) is 19.0. The minimum atomic E-state index is -0.103. The first-order valence-corrected chi connectivity index (χ1v) is 10.3. The number of fused-ring (bicyclic) bond motifs is 5. The summed E-state index contributed by atoms with van der Waals surface area (Å²) in [6.45, 7) is 6.83. The Morgan fingerprint density at radius 1 is 1.19 bits per heavy atom. The van der Waals surface area contributed by atoms with Crippen molar-refractivity contribution in [3.63, 3.8) is 0 Å². The van der Waals surface area contributed by atoms with Gasteiger partial charge in [-0.25, -0.2) is 0 Å². The van der Waals surface area contributed by atoms with Crippen molar-refractivity contribution in [1.29, 1.82) is 0 Å². The van der Waals surface area contributed by atoms with Gasteiger partial charge in [0.05, 0.1) is 11.8 Å². The molecule has 0 aromatic heterocycles. The Kier molecular flexibility index (Phi) is 5.21. The van der Waals surface area contributed by atoms with Crippen molar-refractivity contribution in [2.24, 2.45) is 34.6 Å². The largest absolute Gasteiger partial charge is 0.357 e. The van der Waals surface area contributed by atoms with Crippen LogP contribution in [0.2, 0.25) is 0 Å². The van der Waals surface area contributed by atoms with Crippen LogP contribution in [0.4, 0.5) is 0 Å². The molecule has 2 heterocycles. The van der Waals surface area contributed by atoms with Crippen molar-refractivity contribution < 1.29 is 9.59 Å². The highest BCUT2D eigenvalue weighted by Crippen LogP contribution is 2.52. The van der Waals surface area contributed by atoms with Crippen molar-refractivity contribution in [3.05, 3.63) is 12.2 Å². The maximum Gasteiger partial charge on any atom is 0.233 e. The predicted octanol–water partition coefficient (Wildman–Crippen LogP) is 0.300. The highest BCUT2D eigenvalue weighted by molar-refractivity contribution is 6.06. The van der Waals surface area contributed by atoms with Crippen LogP contribution in [0.15, 0.2) is 17.1 Å². The zero-order valence-corrected chi connectivity index (χ0v) is 16.4. The number of amides is 2. The molecule has 3 fully saturated rings. The van der Waals surface area contributed by atoms with E-state index in [0.717, 1.165) is 38.6 Å². The molecule has 4 rings (SSSR count). The van der Waals surface area contributed by atoms with Crippen LogP contribution in [0, 0.1) is 29.6 Å². The van der Waals surface area contributed by atoms with E-state index in [2.05, 4.69) is 34.7 Å². The summed E-state index contributed by atoms with van der Waals surface area (Å²) in [6.07, 6.45) is 6.44. The van der Waals surface area contributed by atoms with E-state index < -0.39 is 0 Å². The molecule has 1 saturated carbocycles. The predicted molar refractivity (Wildman–Crippen MR) is 104 cm³/mol. The second kappa shape index (κ2) is 7.62. The number of guanidine groups is 1. The molecule has 2 aliphatic heterocycles. The fourth-order valence-corrected chi connectivity index (χ4v) is 5.21. The Morgan fingerprint density at radius 3 is 2.48 bits per heavy atom. The van der Waals surface area contributed by atoms with Gasteiger partial charge in [-0.15, -0.1) is 0 Å². The van der Waals surface area contributed by atoms with Crippen molar-refractivity contribution >= 4 is 17.8 Å². The number of carbonyl (C=O) groups is 2. The van der Waals surface area contributed by atoms with Crippen LogP contribution < -0.4 is 10.6 Å². The number of aliphatic imine (C=N–C) groups is 1. The summed E-state index contributed by atoms with van der Waals surface area (Å²) in [5.74, 6) is 1.78. The monoisotopic (exact) mass is 373 g/mol. The van der Waals surface area contributed by atoms with Gasteiger partial charge in [-0.1, -0.05) is 12.2 Å². The Morgan fingerprint density at radius 2 is 1.89 bits per heavy atom. The Labute approximate surface area is 161 Å². The molecule has 7 heteroatoms. The SMILES string of the molecule is CCNC(=NCC1CCN(C)C1)NCCN1C(=O)C2C3C=CC(C3)C2C1=O. The molecule has 0 aromatic rings. The average molecular weight is 374 g/mol. The lowest BCUT2D eigenvalue weighted by atomic mass is 9.85. The van der Waals surface area contributed by atoms with Crippen LogP contribution in [-0.2, 0) is 9.59 Å². The third kappa shape index (κ3) is 3.49. The third-order valence-electron chi connectivity index (χ3n) is 6.53. The van der Waals surface area contributed by atoms with E-state index in [4.69, 9.17) is 4.99 Å². The summed E-state index contributed by atoms with van der Waals surface area (Å²) in [4.78, 5) is 33.9. The van der Waals surface area contributed by atoms with Gasteiger partial charge in [0, 0.05) is 32.7 Å². The molecule has 27 heavy (non-hydrogen) atoms. The van der Waals surface area contributed by atoms with Gasteiger partial charge in [0.1, 0.15) is 0 Å². The standard InChI is InChI=1S/C20H31N5O2/c1-3-21-20(23-11-13-6-8-24(2)12-13)22-7-9-25-18(26)16-14-4-5-15(10-14)17(16)19(25)27/h4-5,13-17H,3,6-12H2,1-2H3,(H2,21,22,23). The second-order valence-corrected chi connectivity index (χ2v) is 8.39. The van der Waals surface area contributed by atoms with Crippen LogP contribution in [0.3, 0.4) is 0 Å². The van der Waals surface area contributed by atoms with Gasteiger partial charge >= 0.3 is 0 Å². The molecule has 2 bridgehead atoms. The number of carbonyl (C=O) groups excluding carboxylic acids is 2. The van der Waals surface area contributed by atoms with Crippen molar-refractivity contribution in [2.45, 2.75) is 19.8 Å². The molecule has 148 valence electrons. The fraction of sp³-hybridized carbons (Fsp3) is 0.750. The molecule has 0 aromatic carbocycles. The molecule has 0 radical (unpaired) electrons. The van der Waals surface area contributed by atoms with E-state index in [1.165, 1.54) is 11.3 Å². The summed E-state index contributed by atoms with van der Waals surface area (Å²) in [7, 11) is 2.15. The number of nitrogens with zero attached hydrogens (tertiary/aromatic N) is 3. The van der Waals surface area contributed by atoms with Crippen molar-refractivity contribution in [2.75, 3.05) is 46.3 Å². The smallest absolute Gasteiger partial charge is 0.233 e. The number of imide groups is 1. The summed E-state index contributed by atoms with van der Waals surface area (Å²) < 4.78 is 0. The van der Waals surface area contributed by atoms with Crippen molar-refractivity contribution in [3.8, 4) is 0 Å². The first kappa shape index (κ1) is 18.5. The van der Waals surface area contributed by atoms with E-state index in [9.17, 15) is 9.59 Å². The molecular formula is C20H31N5O2. The van der Waals surface area contributed by atoms with E-state index in [0.29, 0.717) is 19.0 Å². The van der Waals surface area contributed by atoms with Gasteiger partial charge < -0.3 is 15.5 Å². The summed E-state index contributed by atoms with van der Waals surface area (Å²) >= 11 is 0. The second-order valence-electron chi connectivity index (χ2n) is 8.39. The molecule has 5 atom stereocenters. The van der Waals surface area contributed by atoms with Crippen molar-refractivity contribution in [1.82, 2.24) is 20.4 Å². The molecule has 2 amide bonds. The van der Waals surface area contributed by atoms with Gasteiger partial charge in [0.15, 0.2) is 5.96 Å². The molecule has 5 unspecified atom stereocenters. The molecule has 2 N–H and O–H groups in total. The first-order valence-electron chi connectivity index (χ1n) is 10.3. The topological polar surface area (TPSA) is 77.0 Å². The molecular weight excluding hydrogens is 342 g/mol. The quantitative estimate of drug-likeness (QED) is 0.303. The van der Waals surface area contributed by atoms with E-state index >= 15 is 0 Å². The third-order valence-corrected chi connectivity index (χ3v) is 6.53.